The molecule has 1 unspecified atom stereocenters. The average Bonchev–Trinajstić information content (AvgIpc) is 2.36. The lowest BCUT2D eigenvalue weighted by molar-refractivity contribution is -0.139. The molecule has 102 valence electrons. The van der Waals surface area contributed by atoms with Crippen LogP contribution in [-0.4, -0.2) is 47.7 Å². The number of aliphatic carboxylic acids is 1. The second-order valence-corrected chi connectivity index (χ2v) is 4.78. The molecule has 0 aliphatic carbocycles. The first kappa shape index (κ1) is 13.4. The van der Waals surface area contributed by atoms with Crippen LogP contribution >= 0.6 is 0 Å². The summed E-state index contributed by atoms with van der Waals surface area (Å²) in [5.41, 5.74) is 4.31. The van der Waals surface area contributed by atoms with E-state index in [0.29, 0.717) is 6.54 Å². The van der Waals surface area contributed by atoms with Crippen molar-refractivity contribution in [1.29, 1.82) is 0 Å². The van der Waals surface area contributed by atoms with Crippen molar-refractivity contribution < 1.29 is 14.7 Å². The van der Waals surface area contributed by atoms with E-state index in [0.717, 1.165) is 11.1 Å². The predicted molar refractivity (Wildman–Crippen MR) is 69.4 cm³/mol. The molecule has 0 fully saturated rings. The minimum absolute atomic E-state index is 0.187. The number of hydrazine groups is 1. The molecular weight excluding hydrogens is 246 g/mol. The van der Waals surface area contributed by atoms with Gasteiger partial charge in [-0.2, -0.15) is 0 Å². The summed E-state index contributed by atoms with van der Waals surface area (Å²) >= 11 is 0. The number of rotatable bonds is 2. The standard InChI is InChI=1S/C13H17N3O3/c1-15(2)14-13(19)16-7-9-5-3-4-6-10(9)11(8-16)12(17)18/h3-6,11H,7-8H2,1-2H3,(H,14,19)(H,17,18). The molecule has 1 heterocycles. The fourth-order valence-electron chi connectivity index (χ4n) is 2.23. The number of fused-ring (bicyclic) bond motifs is 1. The average molecular weight is 263 g/mol. The monoisotopic (exact) mass is 263 g/mol. The zero-order valence-electron chi connectivity index (χ0n) is 11.0. The van der Waals surface area contributed by atoms with Gasteiger partial charge in [-0.05, 0) is 11.1 Å². The molecule has 1 aliphatic heterocycles. The molecule has 0 radical (unpaired) electrons. The molecule has 6 heteroatoms. The third-order valence-corrected chi connectivity index (χ3v) is 3.10. The van der Waals surface area contributed by atoms with E-state index in [9.17, 15) is 14.7 Å². The summed E-state index contributed by atoms with van der Waals surface area (Å²) in [6.45, 7) is 0.617. The Morgan fingerprint density at radius 2 is 2.05 bits per heavy atom. The van der Waals surface area contributed by atoms with Gasteiger partial charge in [0.1, 0.15) is 0 Å². The fraction of sp³-hybridized carbons (Fsp3) is 0.385. The van der Waals surface area contributed by atoms with Crippen LogP contribution in [0.2, 0.25) is 0 Å². The maximum Gasteiger partial charge on any atom is 0.332 e. The number of hydrogen-bond donors (Lipinski definition) is 2. The Morgan fingerprint density at radius 3 is 2.68 bits per heavy atom. The molecule has 0 bridgehead atoms. The molecule has 0 aromatic heterocycles. The first-order chi connectivity index (χ1) is 8.99. The number of carbonyl (C=O) groups is 2. The molecule has 6 nitrogen and oxygen atoms in total. The second kappa shape index (κ2) is 5.27. The minimum atomic E-state index is -0.908. The van der Waals surface area contributed by atoms with Crippen molar-refractivity contribution in [3.05, 3.63) is 35.4 Å². The van der Waals surface area contributed by atoms with Crippen molar-refractivity contribution in [3.63, 3.8) is 0 Å². The smallest absolute Gasteiger partial charge is 0.332 e. The van der Waals surface area contributed by atoms with Crippen molar-refractivity contribution in [2.45, 2.75) is 12.5 Å². The maximum atomic E-state index is 12.0. The second-order valence-electron chi connectivity index (χ2n) is 4.78. The van der Waals surface area contributed by atoms with E-state index in [1.54, 1.807) is 19.1 Å². The summed E-state index contributed by atoms with van der Waals surface area (Å²) < 4.78 is 0. The molecule has 0 saturated carbocycles. The van der Waals surface area contributed by atoms with Gasteiger partial charge in [0.05, 0.1) is 5.92 Å². The molecule has 2 N–H and O–H groups in total. The Balaban J connectivity index is 2.25. The van der Waals surface area contributed by atoms with Crippen LogP contribution in [0.15, 0.2) is 24.3 Å². The van der Waals surface area contributed by atoms with Crippen LogP contribution in [0.3, 0.4) is 0 Å². The zero-order chi connectivity index (χ0) is 14.0. The number of nitrogens with one attached hydrogen (secondary N) is 1. The minimum Gasteiger partial charge on any atom is -0.481 e. The van der Waals surface area contributed by atoms with Crippen LogP contribution < -0.4 is 5.43 Å². The Morgan fingerprint density at radius 1 is 1.37 bits per heavy atom. The highest BCUT2D eigenvalue weighted by molar-refractivity contribution is 5.80. The van der Waals surface area contributed by atoms with E-state index in [1.807, 2.05) is 24.3 Å². The van der Waals surface area contributed by atoms with E-state index in [2.05, 4.69) is 5.43 Å². The number of amides is 2. The molecule has 19 heavy (non-hydrogen) atoms. The van der Waals surface area contributed by atoms with Crippen LogP contribution in [-0.2, 0) is 11.3 Å². The third-order valence-electron chi connectivity index (χ3n) is 3.10. The van der Waals surface area contributed by atoms with Gasteiger partial charge < -0.3 is 10.0 Å². The highest BCUT2D eigenvalue weighted by Crippen LogP contribution is 2.28. The van der Waals surface area contributed by atoms with Gasteiger partial charge >= 0.3 is 12.0 Å². The first-order valence-electron chi connectivity index (χ1n) is 6.02. The van der Waals surface area contributed by atoms with Crippen molar-refractivity contribution >= 4 is 12.0 Å². The molecule has 1 aromatic rings. The van der Waals surface area contributed by atoms with E-state index in [1.165, 1.54) is 4.90 Å². The van der Waals surface area contributed by atoms with Crippen molar-refractivity contribution in [2.24, 2.45) is 0 Å². The lowest BCUT2D eigenvalue weighted by Gasteiger charge is -2.33. The molecule has 0 saturated heterocycles. The van der Waals surface area contributed by atoms with Crippen molar-refractivity contribution in [2.75, 3.05) is 20.6 Å². The highest BCUT2D eigenvalue weighted by Gasteiger charge is 2.32. The number of nitrogens with zero attached hydrogens (tertiary/aromatic N) is 2. The van der Waals surface area contributed by atoms with Gasteiger partial charge in [-0.25, -0.2) is 9.80 Å². The molecule has 1 aromatic carbocycles. The van der Waals surface area contributed by atoms with Gasteiger partial charge in [-0.15, -0.1) is 0 Å². The fourth-order valence-corrected chi connectivity index (χ4v) is 2.23. The summed E-state index contributed by atoms with van der Waals surface area (Å²) in [5.74, 6) is -1.58. The number of hydrogen-bond acceptors (Lipinski definition) is 3. The lowest BCUT2D eigenvalue weighted by atomic mass is 9.90. The Kier molecular flexibility index (Phi) is 3.71. The van der Waals surface area contributed by atoms with E-state index >= 15 is 0 Å². The summed E-state index contributed by atoms with van der Waals surface area (Å²) in [7, 11) is 3.43. The topological polar surface area (TPSA) is 72.9 Å². The predicted octanol–water partition coefficient (Wildman–Crippen LogP) is 0.857. The number of benzene rings is 1. The van der Waals surface area contributed by atoms with Crippen LogP contribution in [0.25, 0.3) is 0 Å². The highest BCUT2D eigenvalue weighted by atomic mass is 16.4. The summed E-state index contributed by atoms with van der Waals surface area (Å²) in [4.78, 5) is 24.8. The molecule has 2 rings (SSSR count). The number of carboxylic acid groups (broad SMARTS) is 1. The normalized spacial score (nSPS) is 18.1. The van der Waals surface area contributed by atoms with Gasteiger partial charge in [-0.1, -0.05) is 24.3 Å². The molecule has 2 amide bonds. The summed E-state index contributed by atoms with van der Waals surface area (Å²) in [5, 5.41) is 10.8. The lowest BCUT2D eigenvalue weighted by Crippen LogP contribution is -2.49. The quantitative estimate of drug-likeness (QED) is 0.776. The molecule has 0 spiro atoms. The molecule has 1 atom stereocenters. The molecular formula is C13H17N3O3. The van der Waals surface area contributed by atoms with Gasteiger partial charge in [0, 0.05) is 27.2 Å². The van der Waals surface area contributed by atoms with Crippen LogP contribution in [0, 0.1) is 0 Å². The number of carbonyl (C=O) groups excluding carboxylic acids is 1. The number of urea groups is 1. The van der Waals surface area contributed by atoms with E-state index < -0.39 is 11.9 Å². The Bertz CT molecular complexity index is 502. The van der Waals surface area contributed by atoms with E-state index in [-0.39, 0.29) is 12.6 Å². The summed E-state index contributed by atoms with van der Waals surface area (Å²) in [6, 6.07) is 7.07. The van der Waals surface area contributed by atoms with E-state index in [4.69, 9.17) is 0 Å². The Hall–Kier alpha value is -2.08. The van der Waals surface area contributed by atoms with Gasteiger partial charge in [0.15, 0.2) is 0 Å². The van der Waals surface area contributed by atoms with Gasteiger partial charge in [-0.3, -0.25) is 10.2 Å². The molecule has 1 aliphatic rings. The zero-order valence-corrected chi connectivity index (χ0v) is 11.0. The van der Waals surface area contributed by atoms with Crippen LogP contribution in [0.4, 0.5) is 4.79 Å². The SMILES string of the molecule is CN(C)NC(=O)N1Cc2ccccc2C(C(=O)O)C1. The maximum absolute atomic E-state index is 12.0. The van der Waals surface area contributed by atoms with Gasteiger partial charge in [0.2, 0.25) is 0 Å². The summed E-state index contributed by atoms with van der Waals surface area (Å²) in [6.07, 6.45) is 0. The van der Waals surface area contributed by atoms with Crippen LogP contribution in [0.5, 0.6) is 0 Å². The largest absolute Gasteiger partial charge is 0.481 e. The van der Waals surface area contributed by atoms with Crippen molar-refractivity contribution in [3.8, 4) is 0 Å². The van der Waals surface area contributed by atoms with Crippen LogP contribution in [0.1, 0.15) is 17.0 Å². The first-order valence-corrected chi connectivity index (χ1v) is 6.02. The van der Waals surface area contributed by atoms with Crippen molar-refractivity contribution in [1.82, 2.24) is 15.3 Å². The van der Waals surface area contributed by atoms with Gasteiger partial charge in [0.25, 0.3) is 0 Å². The Labute approximate surface area is 111 Å². The third kappa shape index (κ3) is 2.85. The number of carboxylic acids is 1.